The summed E-state index contributed by atoms with van der Waals surface area (Å²) in [7, 11) is 0. The molecule has 1 atom stereocenters. The van der Waals surface area contributed by atoms with Crippen LogP contribution in [-0.2, 0) is 14.3 Å². The Bertz CT molecular complexity index is 824. The highest BCUT2D eigenvalue weighted by Crippen LogP contribution is 2.22. The van der Waals surface area contributed by atoms with Gasteiger partial charge in [0.25, 0.3) is 11.8 Å². The van der Waals surface area contributed by atoms with Crippen LogP contribution in [0.2, 0.25) is 10.0 Å². The van der Waals surface area contributed by atoms with Crippen molar-refractivity contribution in [2.24, 2.45) is 5.92 Å². The molecule has 0 aliphatic rings. The molecule has 0 aromatic carbocycles. The molecule has 0 saturated heterocycles. The quantitative estimate of drug-likeness (QED) is 0.675. The lowest BCUT2D eigenvalue weighted by atomic mass is 10.0. The smallest absolute Gasteiger partial charge is 0.329 e. The van der Waals surface area contributed by atoms with Crippen LogP contribution in [-0.4, -0.2) is 35.4 Å². The third-order valence-electron chi connectivity index (χ3n) is 3.36. The molecule has 2 amide bonds. The molecule has 0 radical (unpaired) electrons. The fourth-order valence-electron chi connectivity index (χ4n) is 2.02. The van der Waals surface area contributed by atoms with Gasteiger partial charge in [0.2, 0.25) is 0 Å². The predicted molar refractivity (Wildman–Crippen MR) is 98.6 cm³/mol. The Kier molecular flexibility index (Phi) is 7.20. The van der Waals surface area contributed by atoms with Gasteiger partial charge in [0.15, 0.2) is 18.2 Å². The monoisotopic (exact) mass is 413 g/mol. The van der Waals surface area contributed by atoms with E-state index in [1.54, 1.807) is 19.9 Å². The van der Waals surface area contributed by atoms with E-state index in [0.29, 0.717) is 5.02 Å². The van der Waals surface area contributed by atoms with Crippen molar-refractivity contribution in [2.75, 3.05) is 11.9 Å². The molecule has 8 nitrogen and oxygen atoms in total. The maximum absolute atomic E-state index is 12.3. The average Bonchev–Trinajstić information content (AvgIpc) is 3.14. The minimum absolute atomic E-state index is 0.0645. The number of hydrogen-bond donors (Lipinski definition) is 2. The van der Waals surface area contributed by atoms with E-state index in [4.69, 9.17) is 32.4 Å². The van der Waals surface area contributed by atoms with Gasteiger partial charge in [-0.25, -0.2) is 9.78 Å². The van der Waals surface area contributed by atoms with Crippen molar-refractivity contribution in [3.05, 3.63) is 46.5 Å². The molecule has 2 aromatic rings. The zero-order chi connectivity index (χ0) is 20.0. The first-order chi connectivity index (χ1) is 12.8. The van der Waals surface area contributed by atoms with Crippen molar-refractivity contribution < 1.29 is 23.5 Å². The van der Waals surface area contributed by atoms with Crippen LogP contribution in [0.25, 0.3) is 0 Å². The molecule has 0 fully saturated rings. The summed E-state index contributed by atoms with van der Waals surface area (Å²) in [6, 6.07) is 3.48. The molecular weight excluding hydrogens is 397 g/mol. The zero-order valence-corrected chi connectivity index (χ0v) is 16.0. The lowest BCUT2D eigenvalue weighted by molar-refractivity contribution is -0.150. The summed E-state index contributed by atoms with van der Waals surface area (Å²) in [5, 5.41) is 5.39. The van der Waals surface area contributed by atoms with Gasteiger partial charge < -0.3 is 19.8 Å². The van der Waals surface area contributed by atoms with E-state index in [2.05, 4.69) is 15.6 Å². The fraction of sp³-hybridized carbons (Fsp3) is 0.294. The number of hydrogen-bond acceptors (Lipinski definition) is 6. The van der Waals surface area contributed by atoms with E-state index < -0.39 is 30.4 Å². The van der Waals surface area contributed by atoms with Crippen LogP contribution in [0.3, 0.4) is 0 Å². The van der Waals surface area contributed by atoms with Crippen LogP contribution in [0.5, 0.6) is 0 Å². The second kappa shape index (κ2) is 9.38. The van der Waals surface area contributed by atoms with Crippen molar-refractivity contribution in [3.8, 4) is 0 Å². The second-order valence-corrected chi connectivity index (χ2v) is 6.66. The Hall–Kier alpha value is -2.58. The Labute approximate surface area is 165 Å². The average molecular weight is 414 g/mol. The van der Waals surface area contributed by atoms with Gasteiger partial charge in [0.1, 0.15) is 6.04 Å². The van der Waals surface area contributed by atoms with Gasteiger partial charge in [-0.2, -0.15) is 0 Å². The second-order valence-electron chi connectivity index (χ2n) is 5.81. The molecule has 0 saturated carbocycles. The number of anilines is 1. The van der Waals surface area contributed by atoms with Crippen molar-refractivity contribution >= 4 is 46.8 Å². The molecule has 0 aliphatic heterocycles. The maximum Gasteiger partial charge on any atom is 0.329 e. The van der Waals surface area contributed by atoms with Gasteiger partial charge in [-0.15, -0.1) is 0 Å². The number of pyridine rings is 1. The number of aromatic nitrogens is 1. The molecule has 2 aromatic heterocycles. The largest absolute Gasteiger partial charge is 0.459 e. The van der Waals surface area contributed by atoms with Gasteiger partial charge in [-0.3, -0.25) is 9.59 Å². The normalized spacial score (nSPS) is 11.7. The summed E-state index contributed by atoms with van der Waals surface area (Å²) >= 11 is 11.6. The molecule has 10 heteroatoms. The topological polar surface area (TPSA) is 111 Å². The number of amides is 2. The first-order valence-electron chi connectivity index (χ1n) is 7.90. The Morgan fingerprint density at radius 1 is 1.30 bits per heavy atom. The number of ether oxygens (including phenoxy) is 1. The summed E-state index contributed by atoms with van der Waals surface area (Å²) in [5.74, 6) is -2.07. The summed E-state index contributed by atoms with van der Waals surface area (Å²) in [5.41, 5.74) is 0. The Morgan fingerprint density at radius 2 is 2.04 bits per heavy atom. The van der Waals surface area contributed by atoms with Crippen molar-refractivity contribution in [1.29, 1.82) is 0 Å². The minimum Gasteiger partial charge on any atom is -0.459 e. The molecule has 27 heavy (non-hydrogen) atoms. The van der Waals surface area contributed by atoms with Crippen molar-refractivity contribution in [1.82, 2.24) is 10.3 Å². The first-order valence-corrected chi connectivity index (χ1v) is 8.65. The number of nitrogens with zero attached hydrogens (tertiary/aromatic N) is 1. The van der Waals surface area contributed by atoms with Crippen LogP contribution in [0.15, 0.2) is 35.1 Å². The van der Waals surface area contributed by atoms with Crippen LogP contribution in [0.4, 0.5) is 5.82 Å². The highest BCUT2D eigenvalue weighted by atomic mass is 35.5. The lowest BCUT2D eigenvalue weighted by Crippen LogP contribution is -2.45. The first kappa shape index (κ1) is 20.7. The molecule has 0 unspecified atom stereocenters. The SMILES string of the molecule is CC(C)[C@H](NC(=O)c1ccco1)C(=O)OCC(=O)Nc1ncc(Cl)cc1Cl. The molecule has 0 bridgehead atoms. The standard InChI is InChI=1S/C17H17Cl2N3O5/c1-9(2)14(22-16(24)12-4-3-5-26-12)17(25)27-8-13(23)21-15-11(19)6-10(18)7-20-15/h3-7,9,14H,8H2,1-2H3,(H,22,24)(H,20,21,23)/t14-/m0/s1. The van der Waals surface area contributed by atoms with Crippen molar-refractivity contribution in [2.45, 2.75) is 19.9 Å². The summed E-state index contributed by atoms with van der Waals surface area (Å²) in [6.45, 7) is 2.89. The van der Waals surface area contributed by atoms with E-state index >= 15 is 0 Å². The zero-order valence-electron chi connectivity index (χ0n) is 14.5. The highest BCUT2D eigenvalue weighted by Gasteiger charge is 2.27. The van der Waals surface area contributed by atoms with Gasteiger partial charge in [-0.05, 0) is 24.1 Å². The summed E-state index contributed by atoms with van der Waals surface area (Å²) in [4.78, 5) is 40.1. The minimum atomic E-state index is -0.951. The lowest BCUT2D eigenvalue weighted by Gasteiger charge is -2.20. The van der Waals surface area contributed by atoms with Gasteiger partial charge >= 0.3 is 5.97 Å². The van der Waals surface area contributed by atoms with Gasteiger partial charge in [0, 0.05) is 6.20 Å². The van der Waals surface area contributed by atoms with Gasteiger partial charge in [-0.1, -0.05) is 37.0 Å². The van der Waals surface area contributed by atoms with E-state index in [9.17, 15) is 14.4 Å². The fourth-order valence-corrected chi connectivity index (χ4v) is 2.45. The number of esters is 1. The predicted octanol–water partition coefficient (Wildman–Crippen LogP) is 2.92. The Balaban J connectivity index is 1.91. The summed E-state index contributed by atoms with van der Waals surface area (Å²) < 4.78 is 9.97. The van der Waals surface area contributed by atoms with Crippen LogP contribution in [0.1, 0.15) is 24.4 Å². The van der Waals surface area contributed by atoms with E-state index in [-0.39, 0.29) is 22.5 Å². The van der Waals surface area contributed by atoms with Crippen LogP contribution in [0, 0.1) is 5.92 Å². The van der Waals surface area contributed by atoms with E-state index in [1.807, 2.05) is 0 Å². The number of halogens is 2. The highest BCUT2D eigenvalue weighted by molar-refractivity contribution is 6.36. The molecule has 2 N–H and O–H groups in total. The number of furan rings is 1. The van der Waals surface area contributed by atoms with Crippen molar-refractivity contribution in [3.63, 3.8) is 0 Å². The van der Waals surface area contributed by atoms with Crippen LogP contribution >= 0.6 is 23.2 Å². The van der Waals surface area contributed by atoms with Crippen LogP contribution < -0.4 is 10.6 Å². The molecule has 144 valence electrons. The third kappa shape index (κ3) is 5.97. The Morgan fingerprint density at radius 3 is 2.63 bits per heavy atom. The van der Waals surface area contributed by atoms with Gasteiger partial charge in [0.05, 0.1) is 16.3 Å². The number of nitrogens with one attached hydrogen (secondary N) is 2. The number of carbonyl (C=O) groups is 3. The molecule has 0 aliphatic carbocycles. The molecule has 0 spiro atoms. The number of rotatable bonds is 7. The third-order valence-corrected chi connectivity index (χ3v) is 3.86. The number of carbonyl (C=O) groups excluding carboxylic acids is 3. The molecule has 2 rings (SSSR count). The molecule has 2 heterocycles. The van der Waals surface area contributed by atoms with E-state index in [1.165, 1.54) is 24.6 Å². The van der Waals surface area contributed by atoms with E-state index in [0.717, 1.165) is 0 Å². The summed E-state index contributed by atoms with van der Waals surface area (Å²) in [6.07, 6.45) is 2.66. The maximum atomic E-state index is 12.3. The molecular formula is C17H17Cl2N3O5.